The summed E-state index contributed by atoms with van der Waals surface area (Å²) >= 11 is 0. The van der Waals surface area contributed by atoms with E-state index < -0.39 is 8.07 Å². The summed E-state index contributed by atoms with van der Waals surface area (Å²) in [5, 5.41) is 7.90. The van der Waals surface area contributed by atoms with Gasteiger partial charge in [0, 0.05) is 33.3 Å². The van der Waals surface area contributed by atoms with Crippen LogP contribution < -0.4 is 25.6 Å². The lowest BCUT2D eigenvalue weighted by atomic mass is 10.0. The van der Waals surface area contributed by atoms with Crippen LogP contribution in [0.3, 0.4) is 0 Å². The van der Waals surface area contributed by atoms with Gasteiger partial charge in [-0.1, -0.05) is 181 Å². The van der Waals surface area contributed by atoms with Gasteiger partial charge < -0.3 is 4.57 Å². The Morgan fingerprint density at radius 3 is 1.59 bits per heavy atom. The fourth-order valence-corrected chi connectivity index (χ4v) is 16.0. The van der Waals surface area contributed by atoms with Gasteiger partial charge in [-0.2, -0.15) is 9.97 Å². The maximum Gasteiger partial charge on any atom is 0.238 e. The van der Waals surface area contributed by atoms with Gasteiger partial charge in [0.2, 0.25) is 5.95 Å². The molecule has 0 radical (unpaired) electrons. The lowest BCUT2D eigenvalue weighted by Crippen LogP contribution is -2.75. The van der Waals surface area contributed by atoms with Gasteiger partial charge in [-0.25, -0.2) is 4.98 Å². The molecule has 0 atom stereocenters. The van der Waals surface area contributed by atoms with Crippen molar-refractivity contribution in [3.05, 3.63) is 224 Å². The van der Waals surface area contributed by atoms with Crippen LogP contribution in [0.1, 0.15) is 5.56 Å². The maximum atomic E-state index is 5.39. The lowest BCUT2D eigenvalue weighted by molar-refractivity contribution is 1.02. The van der Waals surface area contributed by atoms with Gasteiger partial charge in [0.15, 0.2) is 19.7 Å². The van der Waals surface area contributed by atoms with Gasteiger partial charge in [0.25, 0.3) is 0 Å². The monoisotopic (exact) mass is 833 g/mol. The number of fused-ring (bicyclic) bond motifs is 12. The molecule has 0 saturated heterocycles. The SMILES string of the molecule is Cc1ccc(-n2c3ccccc3c3cc(-c4ccc5c(c4)N(c4nc(-c6ccccc6)nc(-c6ccccc6)n4)c4ccccc4[Si]54c5ccccc5-c5ccccc54)ccc32)cc1. The van der Waals surface area contributed by atoms with Crippen LogP contribution in [-0.4, -0.2) is 27.6 Å². The van der Waals surface area contributed by atoms with E-state index in [1.165, 1.54) is 59.2 Å². The normalized spacial score (nSPS) is 13.2. The smallest absolute Gasteiger partial charge is 0.238 e. The number of hydrogen-bond acceptors (Lipinski definition) is 4. The summed E-state index contributed by atoms with van der Waals surface area (Å²) in [6.45, 7) is 2.14. The topological polar surface area (TPSA) is 46.8 Å². The molecule has 0 bridgehead atoms. The first-order chi connectivity index (χ1) is 31.6. The van der Waals surface area contributed by atoms with E-state index >= 15 is 0 Å². The Labute approximate surface area is 372 Å². The van der Waals surface area contributed by atoms with Crippen molar-refractivity contribution in [3.8, 4) is 50.7 Å². The molecule has 0 amide bonds. The molecule has 2 aliphatic rings. The van der Waals surface area contributed by atoms with Crippen molar-refractivity contribution in [3.63, 3.8) is 0 Å². The summed E-state index contributed by atoms with van der Waals surface area (Å²) in [5.74, 6) is 1.84. The molecule has 9 aromatic carbocycles. The second-order valence-electron chi connectivity index (χ2n) is 16.9. The Bertz CT molecular complexity index is 3530. The van der Waals surface area contributed by atoms with E-state index in [1.807, 2.05) is 36.4 Å². The third-order valence-corrected chi connectivity index (χ3v) is 18.3. The van der Waals surface area contributed by atoms with Crippen molar-refractivity contribution in [1.29, 1.82) is 0 Å². The highest BCUT2D eigenvalue weighted by atomic mass is 28.3. The Morgan fingerprint density at radius 2 is 0.906 bits per heavy atom. The molecule has 64 heavy (non-hydrogen) atoms. The minimum absolute atomic E-state index is 0.582. The van der Waals surface area contributed by atoms with Crippen LogP contribution in [0.2, 0.25) is 0 Å². The number of rotatable bonds is 5. The molecule has 2 aliphatic heterocycles. The van der Waals surface area contributed by atoms with Gasteiger partial charge in [-0.05, 0) is 92.4 Å². The highest BCUT2D eigenvalue weighted by molar-refractivity contribution is 7.23. The Hall–Kier alpha value is -8.19. The average molecular weight is 834 g/mol. The third-order valence-electron chi connectivity index (χ3n) is 13.3. The Balaban J connectivity index is 1.10. The number of aromatic nitrogens is 4. The molecule has 2 aromatic heterocycles. The van der Waals surface area contributed by atoms with E-state index in [-0.39, 0.29) is 0 Å². The first kappa shape index (κ1) is 36.5. The van der Waals surface area contributed by atoms with E-state index in [0.29, 0.717) is 17.6 Å². The molecule has 13 rings (SSSR count). The maximum absolute atomic E-state index is 5.39. The van der Waals surface area contributed by atoms with E-state index in [4.69, 9.17) is 15.0 Å². The van der Waals surface area contributed by atoms with Gasteiger partial charge in [-0.15, -0.1) is 0 Å². The molecule has 0 aliphatic carbocycles. The second-order valence-corrected chi connectivity index (χ2v) is 20.5. The second kappa shape index (κ2) is 14.2. The van der Waals surface area contributed by atoms with Gasteiger partial charge >= 0.3 is 0 Å². The van der Waals surface area contributed by atoms with E-state index in [2.05, 4.69) is 198 Å². The van der Waals surface area contributed by atoms with Crippen molar-refractivity contribution < 1.29 is 0 Å². The molecular weight excluding hydrogens is 795 g/mol. The van der Waals surface area contributed by atoms with Crippen LogP contribution in [-0.2, 0) is 0 Å². The fraction of sp³-hybridized carbons (Fsp3) is 0.0172. The summed E-state index contributed by atoms with van der Waals surface area (Å²) in [4.78, 5) is 18.2. The fourth-order valence-electron chi connectivity index (χ4n) is 10.5. The summed E-state index contributed by atoms with van der Waals surface area (Å²) in [5.41, 5.74) is 13.7. The molecule has 300 valence electrons. The van der Waals surface area contributed by atoms with Crippen LogP contribution in [0.4, 0.5) is 17.3 Å². The highest BCUT2D eigenvalue weighted by Crippen LogP contribution is 2.43. The summed E-state index contributed by atoms with van der Waals surface area (Å²) in [7, 11) is -2.89. The number of benzene rings is 9. The summed E-state index contributed by atoms with van der Waals surface area (Å²) < 4.78 is 2.39. The molecule has 0 fully saturated rings. The largest absolute Gasteiger partial charge is 0.309 e. The molecule has 5 nitrogen and oxygen atoms in total. The van der Waals surface area contributed by atoms with Crippen molar-refractivity contribution >= 4 is 67.9 Å². The molecule has 4 heterocycles. The molecular formula is C58H39N5Si. The third kappa shape index (κ3) is 5.33. The molecule has 1 spiro atoms. The lowest BCUT2D eigenvalue weighted by Gasteiger charge is -2.43. The standard InChI is InChI=1S/C58H39N5Si/c1-38-28-32-43(33-29-38)62-48-23-11-8-20-44(48)47-36-41(30-34-49(47)62)42-31-35-55-51(37-42)63(58-60-56(39-16-4-2-5-17-39)59-57(61-58)40-18-6-3-7-19-40)50-24-12-15-27-54(50)64(55)52-25-13-9-21-45(52)46-22-10-14-26-53(46)64/h2-37H,1H3. The van der Waals surface area contributed by atoms with E-state index in [1.54, 1.807) is 0 Å². The quantitative estimate of drug-likeness (QED) is 0.162. The van der Waals surface area contributed by atoms with Gasteiger partial charge in [-0.3, -0.25) is 4.90 Å². The first-order valence-corrected chi connectivity index (χ1v) is 23.9. The predicted octanol–water partition coefficient (Wildman–Crippen LogP) is 11.4. The summed E-state index contributed by atoms with van der Waals surface area (Å²) in [6, 6.07) is 79.4. The van der Waals surface area contributed by atoms with Crippen LogP contribution >= 0.6 is 0 Å². The number of hydrogen-bond donors (Lipinski definition) is 0. The highest BCUT2D eigenvalue weighted by Gasteiger charge is 2.54. The Kier molecular flexibility index (Phi) is 8.07. The minimum atomic E-state index is -2.89. The zero-order chi connectivity index (χ0) is 42.4. The van der Waals surface area contributed by atoms with Crippen molar-refractivity contribution in [2.75, 3.05) is 4.90 Å². The van der Waals surface area contributed by atoms with Crippen LogP contribution in [0, 0.1) is 6.92 Å². The van der Waals surface area contributed by atoms with Gasteiger partial charge in [0.05, 0.1) is 16.7 Å². The number of para-hydroxylation sites is 2. The predicted molar refractivity (Wildman–Crippen MR) is 266 cm³/mol. The average Bonchev–Trinajstić information content (AvgIpc) is 3.85. The molecule has 0 saturated carbocycles. The van der Waals surface area contributed by atoms with Crippen molar-refractivity contribution in [2.45, 2.75) is 6.92 Å². The first-order valence-electron chi connectivity index (χ1n) is 21.9. The van der Waals surface area contributed by atoms with Crippen LogP contribution in [0.25, 0.3) is 72.5 Å². The van der Waals surface area contributed by atoms with Crippen molar-refractivity contribution in [1.82, 2.24) is 19.5 Å². The summed E-state index contributed by atoms with van der Waals surface area (Å²) in [6.07, 6.45) is 0. The molecule has 0 unspecified atom stereocenters. The van der Waals surface area contributed by atoms with E-state index in [0.717, 1.165) is 39.3 Å². The van der Waals surface area contributed by atoms with Gasteiger partial charge in [0.1, 0.15) is 0 Å². The number of anilines is 3. The van der Waals surface area contributed by atoms with Crippen LogP contribution in [0.15, 0.2) is 218 Å². The van der Waals surface area contributed by atoms with Crippen molar-refractivity contribution in [2.24, 2.45) is 0 Å². The zero-order valence-electron chi connectivity index (χ0n) is 35.0. The molecule has 0 N–H and O–H groups in total. The zero-order valence-corrected chi connectivity index (χ0v) is 36.0. The number of aryl methyl sites for hydroxylation is 1. The minimum Gasteiger partial charge on any atom is -0.309 e. The van der Waals surface area contributed by atoms with E-state index in [9.17, 15) is 0 Å². The Morgan fingerprint density at radius 1 is 0.375 bits per heavy atom. The molecule has 11 aromatic rings. The van der Waals surface area contributed by atoms with Crippen LogP contribution in [0.5, 0.6) is 0 Å². The number of nitrogens with zero attached hydrogens (tertiary/aromatic N) is 5. The molecule has 6 heteroatoms.